The molecule has 1 N–H and O–H groups in total. The molecular formula is C12H12BrN3O2. The van der Waals surface area contributed by atoms with Crippen LogP contribution in [0.25, 0.3) is 11.4 Å². The molecule has 5 nitrogen and oxygen atoms in total. The molecule has 18 heavy (non-hydrogen) atoms. The van der Waals surface area contributed by atoms with Crippen molar-refractivity contribution in [3.8, 4) is 11.4 Å². The van der Waals surface area contributed by atoms with E-state index in [1.165, 1.54) is 0 Å². The Hall–Kier alpha value is -1.24. The Labute approximate surface area is 113 Å². The molecule has 0 spiro atoms. The minimum Gasteiger partial charge on any atom is -0.378 e. The van der Waals surface area contributed by atoms with Gasteiger partial charge in [-0.15, -0.1) is 0 Å². The average Bonchev–Trinajstić information content (AvgIpc) is 2.90. The molecule has 2 aromatic rings. The average molecular weight is 310 g/mol. The molecule has 2 heterocycles. The fraction of sp³-hybridized carbons (Fsp3) is 0.333. The molecule has 1 fully saturated rings. The van der Waals surface area contributed by atoms with Crippen LogP contribution in [0.2, 0.25) is 0 Å². The highest BCUT2D eigenvalue weighted by Gasteiger charge is 2.21. The summed E-state index contributed by atoms with van der Waals surface area (Å²) in [6, 6.07) is 7.80. The van der Waals surface area contributed by atoms with Crippen molar-refractivity contribution in [3.05, 3.63) is 34.6 Å². The Morgan fingerprint density at radius 2 is 2.11 bits per heavy atom. The first-order chi connectivity index (χ1) is 8.83. The lowest BCUT2D eigenvalue weighted by molar-refractivity contribution is 0.0659. The van der Waals surface area contributed by atoms with Crippen molar-refractivity contribution in [2.45, 2.75) is 6.04 Å². The molecule has 0 amide bonds. The fourth-order valence-electron chi connectivity index (χ4n) is 1.82. The van der Waals surface area contributed by atoms with E-state index in [1.54, 1.807) is 0 Å². The molecule has 94 valence electrons. The molecule has 1 aliphatic heterocycles. The van der Waals surface area contributed by atoms with Gasteiger partial charge in [0.1, 0.15) is 6.04 Å². The van der Waals surface area contributed by atoms with Crippen molar-refractivity contribution >= 4 is 15.9 Å². The van der Waals surface area contributed by atoms with Gasteiger partial charge in [0.2, 0.25) is 11.7 Å². The van der Waals surface area contributed by atoms with E-state index in [-0.39, 0.29) is 6.04 Å². The van der Waals surface area contributed by atoms with Crippen molar-refractivity contribution in [1.82, 2.24) is 15.5 Å². The molecule has 1 aliphatic rings. The summed E-state index contributed by atoms with van der Waals surface area (Å²) in [7, 11) is 0. The van der Waals surface area contributed by atoms with Gasteiger partial charge in [-0.1, -0.05) is 21.1 Å². The maximum Gasteiger partial charge on any atom is 0.246 e. The van der Waals surface area contributed by atoms with E-state index in [0.29, 0.717) is 18.3 Å². The maximum atomic E-state index is 5.37. The summed E-state index contributed by atoms with van der Waals surface area (Å²) in [5.41, 5.74) is 0.935. The van der Waals surface area contributed by atoms with Crippen LogP contribution in [0.15, 0.2) is 33.3 Å². The zero-order valence-electron chi connectivity index (χ0n) is 9.60. The van der Waals surface area contributed by atoms with Gasteiger partial charge < -0.3 is 14.6 Å². The van der Waals surface area contributed by atoms with Crippen LogP contribution < -0.4 is 5.32 Å². The molecule has 1 aromatic carbocycles. The van der Waals surface area contributed by atoms with E-state index in [9.17, 15) is 0 Å². The van der Waals surface area contributed by atoms with Crippen LogP contribution in [-0.2, 0) is 4.74 Å². The number of halogens is 1. The van der Waals surface area contributed by atoms with Gasteiger partial charge >= 0.3 is 0 Å². The van der Waals surface area contributed by atoms with Crippen LogP contribution in [0.3, 0.4) is 0 Å². The van der Waals surface area contributed by atoms with Gasteiger partial charge in [0, 0.05) is 16.6 Å². The maximum absolute atomic E-state index is 5.37. The van der Waals surface area contributed by atoms with Gasteiger partial charge in [0.15, 0.2) is 0 Å². The molecule has 0 aliphatic carbocycles. The van der Waals surface area contributed by atoms with Crippen LogP contribution in [0.5, 0.6) is 0 Å². The van der Waals surface area contributed by atoms with Gasteiger partial charge in [-0.3, -0.25) is 0 Å². The number of hydrogen-bond donors (Lipinski definition) is 1. The largest absolute Gasteiger partial charge is 0.378 e. The van der Waals surface area contributed by atoms with Crippen molar-refractivity contribution in [2.75, 3.05) is 19.8 Å². The summed E-state index contributed by atoms with van der Waals surface area (Å²) in [4.78, 5) is 4.40. The first-order valence-electron chi connectivity index (χ1n) is 5.73. The Morgan fingerprint density at radius 3 is 2.83 bits per heavy atom. The zero-order valence-corrected chi connectivity index (χ0v) is 11.2. The number of benzene rings is 1. The van der Waals surface area contributed by atoms with Crippen molar-refractivity contribution < 1.29 is 9.26 Å². The van der Waals surface area contributed by atoms with Gasteiger partial charge in [-0.2, -0.15) is 4.98 Å². The molecule has 1 aromatic heterocycles. The topological polar surface area (TPSA) is 60.2 Å². The van der Waals surface area contributed by atoms with E-state index in [4.69, 9.17) is 9.26 Å². The predicted molar refractivity (Wildman–Crippen MR) is 69.0 cm³/mol. The SMILES string of the molecule is Brc1ccc(-c2noc(C3COCCN3)n2)cc1. The van der Waals surface area contributed by atoms with Crippen molar-refractivity contribution in [1.29, 1.82) is 0 Å². The number of morpholine rings is 1. The minimum atomic E-state index is -0.00421. The summed E-state index contributed by atoms with van der Waals surface area (Å²) < 4.78 is 11.7. The summed E-state index contributed by atoms with van der Waals surface area (Å²) in [6.07, 6.45) is 0. The van der Waals surface area contributed by atoms with E-state index >= 15 is 0 Å². The minimum absolute atomic E-state index is 0.00421. The lowest BCUT2D eigenvalue weighted by Crippen LogP contribution is -2.34. The third-order valence-corrected chi connectivity index (χ3v) is 3.29. The van der Waals surface area contributed by atoms with E-state index < -0.39 is 0 Å². The van der Waals surface area contributed by atoms with Crippen LogP contribution in [-0.4, -0.2) is 29.9 Å². The quantitative estimate of drug-likeness (QED) is 0.921. The van der Waals surface area contributed by atoms with Crippen LogP contribution in [0.4, 0.5) is 0 Å². The highest BCUT2D eigenvalue weighted by molar-refractivity contribution is 9.10. The Balaban J connectivity index is 1.82. The second kappa shape index (κ2) is 5.17. The normalized spacial score (nSPS) is 19.9. The Morgan fingerprint density at radius 1 is 1.28 bits per heavy atom. The Bertz CT molecular complexity index is 520. The van der Waals surface area contributed by atoms with Gasteiger partial charge in [-0.05, 0) is 24.3 Å². The highest BCUT2D eigenvalue weighted by Crippen LogP contribution is 2.21. The predicted octanol–water partition coefficient (Wildman–Crippen LogP) is 2.16. The number of hydrogen-bond acceptors (Lipinski definition) is 5. The van der Waals surface area contributed by atoms with E-state index in [1.807, 2.05) is 24.3 Å². The molecule has 1 saturated heterocycles. The highest BCUT2D eigenvalue weighted by atomic mass is 79.9. The van der Waals surface area contributed by atoms with Crippen molar-refractivity contribution in [3.63, 3.8) is 0 Å². The monoisotopic (exact) mass is 309 g/mol. The third kappa shape index (κ3) is 2.45. The summed E-state index contributed by atoms with van der Waals surface area (Å²) in [5.74, 6) is 1.18. The van der Waals surface area contributed by atoms with Gasteiger partial charge in [0.25, 0.3) is 0 Å². The summed E-state index contributed by atoms with van der Waals surface area (Å²) in [6.45, 7) is 2.10. The second-order valence-corrected chi connectivity index (χ2v) is 4.96. The molecule has 1 unspecified atom stereocenters. The number of nitrogens with one attached hydrogen (secondary N) is 1. The summed E-state index contributed by atoms with van der Waals surface area (Å²) >= 11 is 3.39. The number of rotatable bonds is 2. The molecule has 3 rings (SSSR count). The lowest BCUT2D eigenvalue weighted by Gasteiger charge is -2.20. The molecule has 0 saturated carbocycles. The first kappa shape index (κ1) is 11.8. The second-order valence-electron chi connectivity index (χ2n) is 4.04. The standard InChI is InChI=1S/C12H12BrN3O2/c13-9-3-1-8(2-4-9)11-15-12(18-16-11)10-7-17-6-5-14-10/h1-4,10,14H,5-7H2. The van der Waals surface area contributed by atoms with Crippen LogP contribution >= 0.6 is 15.9 Å². The zero-order chi connectivity index (χ0) is 12.4. The smallest absolute Gasteiger partial charge is 0.246 e. The van der Waals surface area contributed by atoms with Gasteiger partial charge in [-0.25, -0.2) is 0 Å². The summed E-state index contributed by atoms with van der Waals surface area (Å²) in [5, 5.41) is 7.27. The molecule has 1 atom stereocenters. The number of nitrogens with zero attached hydrogens (tertiary/aromatic N) is 2. The first-order valence-corrected chi connectivity index (χ1v) is 6.53. The molecular weight excluding hydrogens is 298 g/mol. The molecule has 6 heteroatoms. The van der Waals surface area contributed by atoms with E-state index in [0.717, 1.165) is 23.2 Å². The van der Waals surface area contributed by atoms with Crippen LogP contribution in [0, 0.1) is 0 Å². The fourth-order valence-corrected chi connectivity index (χ4v) is 2.08. The van der Waals surface area contributed by atoms with Gasteiger partial charge in [0.05, 0.1) is 13.2 Å². The molecule has 0 radical (unpaired) electrons. The third-order valence-electron chi connectivity index (χ3n) is 2.76. The lowest BCUT2D eigenvalue weighted by atomic mass is 10.2. The molecule has 0 bridgehead atoms. The Kier molecular flexibility index (Phi) is 3.40. The number of aromatic nitrogens is 2. The number of ether oxygens (including phenoxy) is 1. The van der Waals surface area contributed by atoms with Crippen LogP contribution in [0.1, 0.15) is 11.9 Å². The van der Waals surface area contributed by atoms with E-state index in [2.05, 4.69) is 31.4 Å². The van der Waals surface area contributed by atoms with Crippen molar-refractivity contribution in [2.24, 2.45) is 0 Å².